The van der Waals surface area contributed by atoms with E-state index in [-0.39, 0.29) is 6.42 Å². The smallest absolute Gasteiger partial charge is 0.383 e. The lowest BCUT2D eigenvalue weighted by Crippen LogP contribution is -2.51. The second-order valence-corrected chi connectivity index (χ2v) is 3.08. The van der Waals surface area contributed by atoms with Crippen LogP contribution in [0.4, 0.5) is 17.6 Å². The molecule has 0 aliphatic heterocycles. The Kier molecular flexibility index (Phi) is 5.19. The highest BCUT2D eigenvalue weighted by molar-refractivity contribution is 5.88. The Balaban J connectivity index is 4.58. The second kappa shape index (κ2) is 5.66. The number of nitrogens with one attached hydrogen (secondary N) is 1. The van der Waals surface area contributed by atoms with Crippen LogP contribution in [0.5, 0.6) is 0 Å². The van der Waals surface area contributed by atoms with E-state index in [2.05, 4.69) is 0 Å². The Morgan fingerprint density at radius 2 is 1.88 bits per heavy atom. The van der Waals surface area contributed by atoms with E-state index in [9.17, 15) is 27.2 Å². The van der Waals surface area contributed by atoms with Gasteiger partial charge in [0.1, 0.15) is 6.04 Å². The number of amides is 1. The number of rotatable bonds is 6. The molecule has 1 amide bonds. The van der Waals surface area contributed by atoms with Gasteiger partial charge in [-0.05, 0) is 6.42 Å². The molecule has 0 rings (SSSR count). The number of carboxylic acid groups (broad SMARTS) is 1. The molecule has 0 spiro atoms. The van der Waals surface area contributed by atoms with Crippen LogP contribution in [-0.2, 0) is 9.59 Å². The molecule has 0 aliphatic carbocycles. The van der Waals surface area contributed by atoms with Crippen molar-refractivity contribution in [3.8, 4) is 0 Å². The fraction of sp³-hybridized carbons (Fsp3) is 0.750. The number of halogens is 4. The number of aliphatic carboxylic acids is 1. The van der Waals surface area contributed by atoms with Crippen molar-refractivity contribution in [1.29, 1.82) is 0 Å². The number of hydrogen-bond acceptors (Lipinski definition) is 2. The molecule has 16 heavy (non-hydrogen) atoms. The lowest BCUT2D eigenvalue weighted by molar-refractivity contribution is -0.171. The molecule has 0 saturated carbocycles. The minimum atomic E-state index is -4.87. The summed E-state index contributed by atoms with van der Waals surface area (Å²) in [7, 11) is 0. The molecule has 0 fully saturated rings. The van der Waals surface area contributed by atoms with Crippen LogP contribution in [0.25, 0.3) is 0 Å². The molecule has 0 aromatic rings. The fourth-order valence-electron chi connectivity index (χ4n) is 0.900. The lowest BCUT2D eigenvalue weighted by Gasteiger charge is -2.18. The molecule has 4 nitrogen and oxygen atoms in total. The van der Waals surface area contributed by atoms with Crippen LogP contribution in [0.1, 0.15) is 19.8 Å². The lowest BCUT2D eigenvalue weighted by atomic mass is 10.1. The second-order valence-electron chi connectivity index (χ2n) is 3.08. The normalized spacial score (nSPS) is 13.6. The molecule has 0 radical (unpaired) electrons. The quantitative estimate of drug-likeness (QED) is 0.692. The fourth-order valence-corrected chi connectivity index (χ4v) is 0.900. The Labute approximate surface area is 88.6 Å². The number of alkyl halides is 4. The highest BCUT2D eigenvalue weighted by Crippen LogP contribution is 2.23. The van der Waals surface area contributed by atoms with Crippen molar-refractivity contribution in [2.24, 2.45) is 0 Å². The van der Waals surface area contributed by atoms with Gasteiger partial charge in [-0.3, -0.25) is 4.79 Å². The van der Waals surface area contributed by atoms with E-state index in [1.165, 1.54) is 5.32 Å². The van der Waals surface area contributed by atoms with E-state index in [0.29, 0.717) is 6.42 Å². The first-order valence-corrected chi connectivity index (χ1v) is 4.43. The van der Waals surface area contributed by atoms with E-state index in [0.717, 1.165) is 0 Å². The van der Waals surface area contributed by atoms with Gasteiger partial charge in [0.25, 0.3) is 5.91 Å². The molecule has 0 saturated heterocycles. The van der Waals surface area contributed by atoms with E-state index >= 15 is 0 Å². The molecule has 94 valence electrons. The number of carbonyl (C=O) groups excluding carboxylic acids is 1. The van der Waals surface area contributed by atoms with Crippen molar-refractivity contribution in [2.45, 2.75) is 38.2 Å². The number of hydrogen-bond donors (Lipinski definition) is 2. The van der Waals surface area contributed by atoms with Crippen molar-refractivity contribution < 1.29 is 32.3 Å². The predicted molar refractivity (Wildman–Crippen MR) is 45.4 cm³/mol. The zero-order valence-electron chi connectivity index (χ0n) is 8.34. The van der Waals surface area contributed by atoms with Gasteiger partial charge >= 0.3 is 18.3 Å². The van der Waals surface area contributed by atoms with Crippen molar-refractivity contribution in [1.82, 2.24) is 5.32 Å². The molecule has 0 aliphatic rings. The standard InChI is InChI=1S/C8H11F4NO3/c1-2-3-4(5(14)15)13-7(16)8(11,12)6(9)10/h4,6H,2-3H2,1H3,(H,13,16)(H,14,15)/t4-/m1/s1. The third-order valence-electron chi connectivity index (χ3n) is 1.76. The van der Waals surface area contributed by atoms with E-state index < -0.39 is 30.3 Å². The van der Waals surface area contributed by atoms with Crippen molar-refractivity contribution in [3.63, 3.8) is 0 Å². The topological polar surface area (TPSA) is 66.4 Å². The molecule has 2 N–H and O–H groups in total. The van der Waals surface area contributed by atoms with Gasteiger partial charge in [-0.1, -0.05) is 13.3 Å². The van der Waals surface area contributed by atoms with Crippen LogP contribution in [0.3, 0.4) is 0 Å². The number of carbonyl (C=O) groups is 2. The van der Waals surface area contributed by atoms with Crippen molar-refractivity contribution in [3.05, 3.63) is 0 Å². The first kappa shape index (κ1) is 14.7. The third-order valence-corrected chi connectivity index (χ3v) is 1.76. The van der Waals surface area contributed by atoms with E-state index in [1.807, 2.05) is 0 Å². The highest BCUT2D eigenvalue weighted by Gasteiger charge is 2.49. The number of carboxylic acids is 1. The van der Waals surface area contributed by atoms with Crippen LogP contribution >= 0.6 is 0 Å². The zero-order chi connectivity index (χ0) is 12.9. The average molecular weight is 245 g/mol. The third kappa shape index (κ3) is 3.67. The molecular formula is C8H11F4NO3. The highest BCUT2D eigenvalue weighted by atomic mass is 19.3. The molecule has 0 bridgehead atoms. The van der Waals surface area contributed by atoms with Gasteiger partial charge in [0.2, 0.25) is 0 Å². The first-order chi connectivity index (χ1) is 7.23. The van der Waals surface area contributed by atoms with Gasteiger partial charge in [-0.25, -0.2) is 13.6 Å². The molecule has 0 aromatic heterocycles. The van der Waals surface area contributed by atoms with Gasteiger partial charge in [-0.15, -0.1) is 0 Å². The zero-order valence-corrected chi connectivity index (χ0v) is 8.34. The Bertz CT molecular complexity index is 270. The van der Waals surface area contributed by atoms with Gasteiger partial charge in [-0.2, -0.15) is 8.78 Å². The van der Waals surface area contributed by atoms with Crippen molar-refractivity contribution >= 4 is 11.9 Å². The molecule has 0 aromatic carbocycles. The summed E-state index contributed by atoms with van der Waals surface area (Å²) in [5.74, 6) is -8.69. The summed E-state index contributed by atoms with van der Waals surface area (Å²) >= 11 is 0. The SMILES string of the molecule is CCC[C@@H](NC(=O)C(F)(F)C(F)F)C(=O)O. The van der Waals surface area contributed by atoms with Crippen LogP contribution in [0.2, 0.25) is 0 Å². The maximum Gasteiger partial charge on any atom is 0.383 e. The van der Waals surface area contributed by atoms with E-state index in [1.54, 1.807) is 6.92 Å². The summed E-state index contributed by atoms with van der Waals surface area (Å²) in [4.78, 5) is 21.2. The van der Waals surface area contributed by atoms with Gasteiger partial charge in [0.05, 0.1) is 0 Å². The largest absolute Gasteiger partial charge is 0.480 e. The van der Waals surface area contributed by atoms with Gasteiger partial charge < -0.3 is 10.4 Å². The van der Waals surface area contributed by atoms with Gasteiger partial charge in [0, 0.05) is 0 Å². The van der Waals surface area contributed by atoms with Crippen LogP contribution in [0.15, 0.2) is 0 Å². The maximum absolute atomic E-state index is 12.4. The van der Waals surface area contributed by atoms with Crippen molar-refractivity contribution in [2.75, 3.05) is 0 Å². The molecule has 8 heteroatoms. The summed E-state index contributed by atoms with van der Waals surface area (Å²) in [5.41, 5.74) is 0. The average Bonchev–Trinajstić information content (AvgIpc) is 2.16. The van der Waals surface area contributed by atoms with Crippen LogP contribution in [0, 0.1) is 0 Å². The monoisotopic (exact) mass is 245 g/mol. The minimum absolute atomic E-state index is 0.111. The molecule has 0 unspecified atom stereocenters. The Hall–Kier alpha value is -1.34. The summed E-state index contributed by atoms with van der Waals surface area (Å²) in [6.45, 7) is 1.56. The van der Waals surface area contributed by atoms with Crippen LogP contribution in [-0.4, -0.2) is 35.4 Å². The predicted octanol–water partition coefficient (Wildman–Crippen LogP) is 1.26. The molecule has 0 heterocycles. The Morgan fingerprint density at radius 3 is 2.19 bits per heavy atom. The maximum atomic E-state index is 12.4. The van der Waals surface area contributed by atoms with Crippen LogP contribution < -0.4 is 5.32 Å². The molecular weight excluding hydrogens is 234 g/mol. The summed E-state index contributed by atoms with van der Waals surface area (Å²) in [6, 6.07) is -1.58. The van der Waals surface area contributed by atoms with Gasteiger partial charge in [0.15, 0.2) is 0 Å². The summed E-state index contributed by atoms with van der Waals surface area (Å²) in [5, 5.41) is 9.88. The Morgan fingerprint density at radius 1 is 1.38 bits per heavy atom. The van der Waals surface area contributed by atoms with E-state index in [4.69, 9.17) is 5.11 Å². The summed E-state index contributed by atoms with van der Waals surface area (Å²) in [6.07, 6.45) is -3.97. The first-order valence-electron chi connectivity index (χ1n) is 4.43. The molecule has 1 atom stereocenters. The minimum Gasteiger partial charge on any atom is -0.480 e. The summed E-state index contributed by atoms with van der Waals surface area (Å²) < 4.78 is 48.4.